The summed E-state index contributed by atoms with van der Waals surface area (Å²) in [5, 5.41) is 0. The van der Waals surface area contributed by atoms with Crippen molar-refractivity contribution in [3.05, 3.63) is 35.1 Å². The molecule has 1 rings (SSSR count). The number of hydrazine groups is 1. The van der Waals surface area contributed by atoms with Gasteiger partial charge in [-0.15, -0.1) is 0 Å². The Balaban J connectivity index is 2.62. The Bertz CT molecular complexity index is 331. The fraction of sp³-hybridized carbons (Fsp3) is 0.500. The van der Waals surface area contributed by atoms with Gasteiger partial charge in [0.15, 0.2) is 0 Å². The molecule has 16 heavy (non-hydrogen) atoms. The zero-order chi connectivity index (χ0) is 12.0. The van der Waals surface area contributed by atoms with Gasteiger partial charge in [0, 0.05) is 6.04 Å². The van der Waals surface area contributed by atoms with E-state index in [1.807, 2.05) is 13.0 Å². The van der Waals surface area contributed by atoms with E-state index in [0.717, 1.165) is 29.7 Å². The number of thioether (sulfide) groups is 1. The predicted molar refractivity (Wildman–Crippen MR) is 69.0 cm³/mol. The molecule has 0 fully saturated rings. The number of benzene rings is 1. The summed E-state index contributed by atoms with van der Waals surface area (Å²) in [5.41, 5.74) is 4.97. The van der Waals surface area contributed by atoms with Crippen molar-refractivity contribution in [1.29, 1.82) is 0 Å². The van der Waals surface area contributed by atoms with Gasteiger partial charge >= 0.3 is 0 Å². The molecule has 0 saturated heterocycles. The highest BCUT2D eigenvalue weighted by atomic mass is 32.2. The second-order valence-electron chi connectivity index (χ2n) is 3.92. The number of halogens is 1. The van der Waals surface area contributed by atoms with Gasteiger partial charge in [-0.25, -0.2) is 4.39 Å². The molecule has 0 aliphatic heterocycles. The second kappa shape index (κ2) is 6.89. The molecule has 0 bridgehead atoms. The molecule has 0 aliphatic rings. The van der Waals surface area contributed by atoms with E-state index in [4.69, 9.17) is 5.84 Å². The highest BCUT2D eigenvalue weighted by molar-refractivity contribution is 7.98. The van der Waals surface area contributed by atoms with E-state index in [1.165, 1.54) is 6.07 Å². The number of nitrogens with two attached hydrogens (primary N) is 1. The quantitative estimate of drug-likeness (QED) is 0.593. The average Bonchev–Trinajstić information content (AvgIpc) is 2.27. The molecule has 3 N–H and O–H groups in total. The van der Waals surface area contributed by atoms with Crippen molar-refractivity contribution in [2.75, 3.05) is 12.0 Å². The maximum atomic E-state index is 12.9. The van der Waals surface area contributed by atoms with Crippen LogP contribution in [0.1, 0.15) is 17.5 Å². The van der Waals surface area contributed by atoms with Crippen molar-refractivity contribution in [2.45, 2.75) is 25.8 Å². The first kappa shape index (κ1) is 13.5. The molecule has 1 aromatic carbocycles. The van der Waals surface area contributed by atoms with Crippen LogP contribution in [0.5, 0.6) is 0 Å². The molecule has 0 saturated carbocycles. The highest BCUT2D eigenvalue weighted by Crippen LogP contribution is 2.14. The first-order valence-electron chi connectivity index (χ1n) is 5.37. The van der Waals surface area contributed by atoms with Gasteiger partial charge in [0.05, 0.1) is 0 Å². The lowest BCUT2D eigenvalue weighted by Crippen LogP contribution is -2.37. The van der Waals surface area contributed by atoms with Crippen LogP contribution in [-0.4, -0.2) is 18.1 Å². The van der Waals surface area contributed by atoms with Crippen LogP contribution >= 0.6 is 11.8 Å². The first-order valence-corrected chi connectivity index (χ1v) is 6.77. The van der Waals surface area contributed by atoms with Crippen LogP contribution in [0, 0.1) is 12.7 Å². The maximum Gasteiger partial charge on any atom is 0.123 e. The Kier molecular flexibility index (Phi) is 5.80. The largest absolute Gasteiger partial charge is 0.271 e. The van der Waals surface area contributed by atoms with E-state index >= 15 is 0 Å². The van der Waals surface area contributed by atoms with Crippen molar-refractivity contribution in [3.8, 4) is 0 Å². The van der Waals surface area contributed by atoms with E-state index in [-0.39, 0.29) is 11.9 Å². The fourth-order valence-corrected chi connectivity index (χ4v) is 2.18. The van der Waals surface area contributed by atoms with Crippen molar-refractivity contribution in [3.63, 3.8) is 0 Å². The highest BCUT2D eigenvalue weighted by Gasteiger charge is 2.09. The third-order valence-corrected chi connectivity index (χ3v) is 3.32. The van der Waals surface area contributed by atoms with E-state index < -0.39 is 0 Å². The zero-order valence-electron chi connectivity index (χ0n) is 9.79. The molecule has 1 unspecified atom stereocenters. The first-order chi connectivity index (χ1) is 7.67. The fourth-order valence-electron chi connectivity index (χ4n) is 1.66. The summed E-state index contributed by atoms with van der Waals surface area (Å²) in [6.45, 7) is 1.93. The summed E-state index contributed by atoms with van der Waals surface area (Å²) in [4.78, 5) is 0. The smallest absolute Gasteiger partial charge is 0.123 e. The molecule has 4 heteroatoms. The average molecular weight is 242 g/mol. The molecule has 0 aliphatic carbocycles. The normalized spacial score (nSPS) is 12.8. The minimum atomic E-state index is -0.178. The number of nitrogens with one attached hydrogen (secondary N) is 1. The lowest BCUT2D eigenvalue weighted by Gasteiger charge is -2.16. The van der Waals surface area contributed by atoms with Crippen molar-refractivity contribution >= 4 is 11.8 Å². The van der Waals surface area contributed by atoms with Crippen LogP contribution < -0.4 is 11.3 Å². The second-order valence-corrected chi connectivity index (χ2v) is 4.91. The minimum Gasteiger partial charge on any atom is -0.271 e. The van der Waals surface area contributed by atoms with E-state index in [0.29, 0.717) is 0 Å². The monoisotopic (exact) mass is 242 g/mol. The van der Waals surface area contributed by atoms with Gasteiger partial charge in [-0.2, -0.15) is 11.8 Å². The van der Waals surface area contributed by atoms with Gasteiger partial charge in [0.25, 0.3) is 0 Å². The molecule has 2 nitrogen and oxygen atoms in total. The third kappa shape index (κ3) is 4.12. The van der Waals surface area contributed by atoms with Gasteiger partial charge < -0.3 is 0 Å². The molecule has 0 radical (unpaired) electrons. The number of hydrogen-bond acceptors (Lipinski definition) is 3. The maximum absolute atomic E-state index is 12.9. The molecule has 1 atom stereocenters. The van der Waals surface area contributed by atoms with Gasteiger partial charge in [-0.05, 0) is 55.0 Å². The van der Waals surface area contributed by atoms with Crippen molar-refractivity contribution in [2.24, 2.45) is 5.84 Å². The van der Waals surface area contributed by atoms with Crippen LogP contribution in [0.3, 0.4) is 0 Å². The Morgan fingerprint density at radius 1 is 1.50 bits per heavy atom. The van der Waals surface area contributed by atoms with Gasteiger partial charge in [0.2, 0.25) is 0 Å². The van der Waals surface area contributed by atoms with Gasteiger partial charge in [0.1, 0.15) is 5.82 Å². The van der Waals surface area contributed by atoms with E-state index in [2.05, 4.69) is 11.7 Å². The van der Waals surface area contributed by atoms with E-state index in [1.54, 1.807) is 17.8 Å². The summed E-state index contributed by atoms with van der Waals surface area (Å²) in [6.07, 6.45) is 3.95. The predicted octanol–water partition coefficient (Wildman–Crippen LogP) is 2.26. The topological polar surface area (TPSA) is 38.0 Å². The number of aryl methyl sites for hydroxylation is 1. The SMILES string of the molecule is CSCCC(Cc1ccc(F)cc1C)NN. The van der Waals surface area contributed by atoms with Crippen LogP contribution in [0.25, 0.3) is 0 Å². The third-order valence-electron chi connectivity index (χ3n) is 2.68. The summed E-state index contributed by atoms with van der Waals surface area (Å²) in [7, 11) is 0. The van der Waals surface area contributed by atoms with Crippen molar-refractivity contribution < 1.29 is 4.39 Å². The van der Waals surface area contributed by atoms with Crippen LogP contribution in [0.15, 0.2) is 18.2 Å². The summed E-state index contributed by atoms with van der Waals surface area (Å²) in [6, 6.07) is 5.17. The number of hydrogen-bond donors (Lipinski definition) is 2. The van der Waals surface area contributed by atoms with Crippen LogP contribution in [0.4, 0.5) is 4.39 Å². The molecular weight excluding hydrogens is 223 g/mol. The molecule has 90 valence electrons. The lowest BCUT2D eigenvalue weighted by atomic mass is 10.00. The molecule has 1 aromatic rings. The Morgan fingerprint density at radius 2 is 2.25 bits per heavy atom. The van der Waals surface area contributed by atoms with Crippen LogP contribution in [0.2, 0.25) is 0 Å². The molecule has 0 spiro atoms. The lowest BCUT2D eigenvalue weighted by molar-refractivity contribution is 0.513. The minimum absolute atomic E-state index is 0.178. The number of rotatable bonds is 6. The molecule has 0 aromatic heterocycles. The van der Waals surface area contributed by atoms with Gasteiger partial charge in [-0.3, -0.25) is 11.3 Å². The summed E-state index contributed by atoms with van der Waals surface area (Å²) >= 11 is 1.81. The van der Waals surface area contributed by atoms with Crippen molar-refractivity contribution in [1.82, 2.24) is 5.43 Å². The Morgan fingerprint density at radius 3 is 2.81 bits per heavy atom. The summed E-state index contributed by atoms with van der Waals surface area (Å²) < 4.78 is 12.9. The Hall–Kier alpha value is -0.580. The van der Waals surface area contributed by atoms with E-state index in [9.17, 15) is 4.39 Å². The standard InChI is InChI=1S/C12H19FN2S/c1-9-7-11(13)4-3-10(9)8-12(15-14)5-6-16-2/h3-4,7,12,15H,5-6,8,14H2,1-2H3. The summed E-state index contributed by atoms with van der Waals surface area (Å²) in [5.74, 6) is 6.41. The molecule has 0 heterocycles. The van der Waals surface area contributed by atoms with Gasteiger partial charge in [-0.1, -0.05) is 6.07 Å². The zero-order valence-corrected chi connectivity index (χ0v) is 10.6. The molecule has 0 amide bonds. The van der Waals surface area contributed by atoms with Crippen LogP contribution in [-0.2, 0) is 6.42 Å². The Labute approximate surface area is 101 Å². The molecular formula is C12H19FN2S.